The summed E-state index contributed by atoms with van der Waals surface area (Å²) in [6.07, 6.45) is 10.2. The number of fused-ring (bicyclic) bond motifs is 2. The number of nitrogens with zero attached hydrogens (tertiary/aromatic N) is 5. The van der Waals surface area contributed by atoms with Crippen molar-refractivity contribution in [1.29, 1.82) is 0 Å². The van der Waals surface area contributed by atoms with Gasteiger partial charge in [-0.25, -0.2) is 14.6 Å². The van der Waals surface area contributed by atoms with E-state index >= 15 is 0 Å². The Kier molecular flexibility index (Phi) is 5.83. The number of methoxy groups -OCH3 is 1. The monoisotopic (exact) mass is 470 g/mol. The molecular formula is C27H30N6O2. The van der Waals surface area contributed by atoms with Crippen molar-refractivity contribution in [2.75, 3.05) is 32.6 Å². The Labute approximate surface area is 204 Å². The van der Waals surface area contributed by atoms with Gasteiger partial charge >= 0.3 is 0 Å². The normalized spacial score (nSPS) is 18.4. The molecule has 1 saturated heterocycles. The van der Waals surface area contributed by atoms with Crippen molar-refractivity contribution in [3.05, 3.63) is 60.0 Å². The standard InChI is InChI=1S/C27H30N6O2/c1-32-9-8-19-12-24(25(34-2)13-21(19)16-32)31-27-28-14-20-7-6-18(11-23(20)30-27)22-15-29-33(17-22)26-5-3-4-10-35-26/h6-7,11-15,17,26H,3-5,8-10,16H2,1-2H3,(H,28,30,31). The molecule has 2 aliphatic heterocycles. The van der Waals surface area contributed by atoms with E-state index in [1.54, 1.807) is 7.11 Å². The van der Waals surface area contributed by atoms with Crippen molar-refractivity contribution in [2.45, 2.75) is 38.5 Å². The molecule has 1 N–H and O–H groups in total. The molecule has 1 unspecified atom stereocenters. The first kappa shape index (κ1) is 22.0. The van der Waals surface area contributed by atoms with Gasteiger partial charge in [0.15, 0.2) is 0 Å². The summed E-state index contributed by atoms with van der Waals surface area (Å²) in [6, 6.07) is 10.5. The maximum atomic E-state index is 5.87. The fourth-order valence-corrected chi connectivity index (χ4v) is 4.95. The van der Waals surface area contributed by atoms with E-state index in [2.05, 4.69) is 63.9 Å². The van der Waals surface area contributed by atoms with E-state index in [1.165, 1.54) is 17.5 Å². The predicted molar refractivity (Wildman–Crippen MR) is 136 cm³/mol. The maximum Gasteiger partial charge on any atom is 0.227 e. The van der Waals surface area contributed by atoms with Crippen LogP contribution in [-0.2, 0) is 17.7 Å². The topological polar surface area (TPSA) is 77.3 Å². The van der Waals surface area contributed by atoms with Gasteiger partial charge in [0.25, 0.3) is 0 Å². The highest BCUT2D eigenvalue weighted by molar-refractivity contribution is 5.84. The van der Waals surface area contributed by atoms with Gasteiger partial charge in [-0.2, -0.15) is 5.10 Å². The van der Waals surface area contributed by atoms with Crippen LogP contribution in [0.3, 0.4) is 0 Å². The van der Waals surface area contributed by atoms with Crippen molar-refractivity contribution < 1.29 is 9.47 Å². The molecule has 2 aromatic heterocycles. The van der Waals surface area contributed by atoms with Crippen LogP contribution in [-0.4, -0.2) is 52.0 Å². The Morgan fingerprint density at radius 3 is 2.89 bits per heavy atom. The van der Waals surface area contributed by atoms with Gasteiger partial charge in [-0.1, -0.05) is 12.1 Å². The van der Waals surface area contributed by atoms with Gasteiger partial charge in [0.1, 0.15) is 12.0 Å². The predicted octanol–water partition coefficient (Wildman–Crippen LogP) is 4.93. The minimum atomic E-state index is 0.0306. The van der Waals surface area contributed by atoms with Crippen molar-refractivity contribution in [3.63, 3.8) is 0 Å². The maximum absolute atomic E-state index is 5.87. The second-order valence-electron chi connectivity index (χ2n) is 9.43. The van der Waals surface area contributed by atoms with Crippen LogP contribution in [0.4, 0.5) is 11.6 Å². The highest BCUT2D eigenvalue weighted by atomic mass is 16.5. The van der Waals surface area contributed by atoms with E-state index in [1.807, 2.05) is 17.1 Å². The van der Waals surface area contributed by atoms with Crippen molar-refractivity contribution in [1.82, 2.24) is 24.6 Å². The summed E-state index contributed by atoms with van der Waals surface area (Å²) < 4.78 is 13.5. The van der Waals surface area contributed by atoms with E-state index in [9.17, 15) is 0 Å². The molecule has 1 fully saturated rings. The van der Waals surface area contributed by atoms with Crippen LogP contribution >= 0.6 is 0 Å². The molecule has 0 aliphatic carbocycles. The molecule has 2 aromatic carbocycles. The molecule has 0 saturated carbocycles. The zero-order valence-electron chi connectivity index (χ0n) is 20.2. The Hall–Kier alpha value is -3.49. The van der Waals surface area contributed by atoms with Gasteiger partial charge in [-0.3, -0.25) is 0 Å². The van der Waals surface area contributed by atoms with Crippen molar-refractivity contribution >= 4 is 22.5 Å². The SMILES string of the molecule is COc1cc2c(cc1Nc1ncc3ccc(-c4cnn(C5CCCCO5)c4)cc3n1)CCN(C)C2. The molecule has 2 aliphatic rings. The Bertz CT molecular complexity index is 1360. The second kappa shape index (κ2) is 9.28. The number of ether oxygens (including phenoxy) is 2. The lowest BCUT2D eigenvalue weighted by atomic mass is 9.99. The molecule has 4 aromatic rings. The van der Waals surface area contributed by atoms with Crippen LogP contribution in [0.2, 0.25) is 0 Å². The van der Waals surface area contributed by atoms with Crippen molar-refractivity contribution in [2.24, 2.45) is 0 Å². The third kappa shape index (κ3) is 4.47. The first-order valence-corrected chi connectivity index (χ1v) is 12.2. The zero-order valence-corrected chi connectivity index (χ0v) is 20.2. The average Bonchev–Trinajstić information content (AvgIpc) is 3.39. The minimum absolute atomic E-state index is 0.0306. The Balaban J connectivity index is 1.28. The van der Waals surface area contributed by atoms with Gasteiger partial charge < -0.3 is 19.7 Å². The summed E-state index contributed by atoms with van der Waals surface area (Å²) >= 11 is 0. The molecule has 1 atom stereocenters. The molecule has 8 nitrogen and oxygen atoms in total. The van der Waals surface area contributed by atoms with Crippen LogP contribution in [0.1, 0.15) is 36.6 Å². The second-order valence-corrected chi connectivity index (χ2v) is 9.43. The van der Waals surface area contributed by atoms with Crippen LogP contribution in [0.15, 0.2) is 48.9 Å². The molecule has 0 radical (unpaired) electrons. The summed E-state index contributed by atoms with van der Waals surface area (Å²) in [7, 11) is 3.85. The van der Waals surface area contributed by atoms with Crippen LogP contribution in [0.5, 0.6) is 5.75 Å². The fourth-order valence-electron chi connectivity index (χ4n) is 4.95. The largest absolute Gasteiger partial charge is 0.495 e. The summed E-state index contributed by atoms with van der Waals surface area (Å²) in [4.78, 5) is 11.7. The Morgan fingerprint density at radius 2 is 2.03 bits per heavy atom. The number of aromatic nitrogens is 4. The number of rotatable bonds is 5. The lowest BCUT2D eigenvalue weighted by Crippen LogP contribution is -2.26. The molecule has 4 heterocycles. The summed E-state index contributed by atoms with van der Waals surface area (Å²) in [5, 5.41) is 8.94. The Morgan fingerprint density at radius 1 is 1.09 bits per heavy atom. The number of nitrogens with one attached hydrogen (secondary N) is 1. The first-order chi connectivity index (χ1) is 17.2. The molecular weight excluding hydrogens is 440 g/mol. The van der Waals surface area contributed by atoms with E-state index in [4.69, 9.17) is 14.5 Å². The van der Waals surface area contributed by atoms with Crippen molar-refractivity contribution in [3.8, 4) is 16.9 Å². The average molecular weight is 471 g/mol. The van der Waals surface area contributed by atoms with Gasteiger partial charge in [0, 0.05) is 43.0 Å². The minimum Gasteiger partial charge on any atom is -0.495 e. The van der Waals surface area contributed by atoms with Crippen LogP contribution < -0.4 is 10.1 Å². The highest BCUT2D eigenvalue weighted by Gasteiger charge is 2.18. The quantitative estimate of drug-likeness (QED) is 0.443. The van der Waals surface area contributed by atoms with E-state index in [0.29, 0.717) is 5.95 Å². The molecule has 180 valence electrons. The first-order valence-electron chi connectivity index (χ1n) is 12.2. The van der Waals surface area contributed by atoms with Gasteiger partial charge in [-0.05, 0) is 67.6 Å². The number of anilines is 2. The zero-order chi connectivity index (χ0) is 23.8. The molecule has 0 bridgehead atoms. The number of likely N-dealkylation sites (N-methyl/N-ethyl adjacent to an activating group) is 1. The summed E-state index contributed by atoms with van der Waals surface area (Å²) in [5.41, 5.74) is 6.54. The lowest BCUT2D eigenvalue weighted by Gasteiger charge is -2.26. The molecule has 0 spiro atoms. The molecule has 8 heteroatoms. The number of hydrogen-bond donors (Lipinski definition) is 1. The third-order valence-corrected chi connectivity index (χ3v) is 6.94. The van der Waals surface area contributed by atoms with E-state index in [0.717, 1.165) is 72.4 Å². The number of hydrogen-bond acceptors (Lipinski definition) is 7. The van der Waals surface area contributed by atoms with E-state index in [-0.39, 0.29) is 6.23 Å². The van der Waals surface area contributed by atoms with Gasteiger partial charge in [0.05, 0.1) is 24.5 Å². The molecule has 35 heavy (non-hydrogen) atoms. The van der Waals surface area contributed by atoms with Gasteiger partial charge in [0.2, 0.25) is 5.95 Å². The van der Waals surface area contributed by atoms with Crippen LogP contribution in [0.25, 0.3) is 22.0 Å². The highest BCUT2D eigenvalue weighted by Crippen LogP contribution is 2.33. The number of benzene rings is 2. The fraction of sp³-hybridized carbons (Fsp3) is 0.370. The molecule has 0 amide bonds. The van der Waals surface area contributed by atoms with Crippen LogP contribution in [0, 0.1) is 0 Å². The summed E-state index contributed by atoms with van der Waals surface area (Å²) in [5.74, 6) is 1.35. The lowest BCUT2D eigenvalue weighted by molar-refractivity contribution is -0.0394. The third-order valence-electron chi connectivity index (χ3n) is 6.94. The smallest absolute Gasteiger partial charge is 0.227 e. The summed E-state index contributed by atoms with van der Waals surface area (Å²) in [6.45, 7) is 2.79. The van der Waals surface area contributed by atoms with Gasteiger partial charge in [-0.15, -0.1) is 0 Å². The van der Waals surface area contributed by atoms with E-state index < -0.39 is 0 Å². The molecule has 6 rings (SSSR count).